The van der Waals surface area contributed by atoms with E-state index in [4.69, 9.17) is 45.3 Å². The van der Waals surface area contributed by atoms with Gasteiger partial charge < -0.3 is 45.3 Å². The van der Waals surface area contributed by atoms with Crippen LogP contribution >= 0.6 is 0 Å². The summed E-state index contributed by atoms with van der Waals surface area (Å²) >= 11 is 0. The van der Waals surface area contributed by atoms with Crippen LogP contribution < -0.4 is 0 Å². The first kappa shape index (κ1) is 49.2. The monoisotopic (exact) mass is 874 g/mol. The number of hydrogen-bond acceptors (Lipinski definition) is 11. The summed E-state index contributed by atoms with van der Waals surface area (Å²) in [6, 6.07) is 0. The van der Waals surface area contributed by atoms with Gasteiger partial charge in [-0.1, -0.05) is 6.55 Å². The second-order valence-electron chi connectivity index (χ2n) is 17.6. The van der Waals surface area contributed by atoms with Crippen LogP contribution in [0, 0.1) is 0 Å². The fourth-order valence-corrected chi connectivity index (χ4v) is 63.6. The quantitative estimate of drug-likeness (QED) is 0.0986. The van der Waals surface area contributed by atoms with Crippen LogP contribution in [0.4, 0.5) is 0 Å². The van der Waals surface area contributed by atoms with Gasteiger partial charge in [0.1, 0.15) is 9.76 Å². The van der Waals surface area contributed by atoms with Gasteiger partial charge in [0, 0.05) is 0 Å². The molecule has 0 atom stereocenters. The van der Waals surface area contributed by atoms with E-state index in [1.54, 1.807) is 0 Å². The molecule has 0 aromatic rings. The Bertz CT molecular complexity index is 1000. The summed E-state index contributed by atoms with van der Waals surface area (Å²) in [5.41, 5.74) is 0. The van der Waals surface area contributed by atoms with Crippen molar-refractivity contribution in [2.75, 3.05) is 0 Å². The van der Waals surface area contributed by atoms with Crippen LogP contribution in [0.1, 0.15) is 0 Å². The largest absolute Gasteiger partial charge is 0.442 e. The van der Waals surface area contributed by atoms with E-state index in [9.17, 15) is 0 Å². The van der Waals surface area contributed by atoms with Crippen molar-refractivity contribution in [2.45, 2.75) is 157 Å². The van der Waals surface area contributed by atoms with Gasteiger partial charge in [0.25, 0.3) is 0 Å². The van der Waals surface area contributed by atoms with Crippen LogP contribution in [0.25, 0.3) is 0 Å². The van der Waals surface area contributed by atoms with Gasteiger partial charge in [-0.2, -0.15) is 0 Å². The summed E-state index contributed by atoms with van der Waals surface area (Å²) in [5, 5.41) is 0. The molecule has 0 aliphatic heterocycles. The molecule has 23 heteroatoms. The fourth-order valence-electron chi connectivity index (χ4n) is 6.63. The van der Waals surface area contributed by atoms with Crippen LogP contribution in [0.3, 0.4) is 0 Å². The predicted molar refractivity (Wildman–Crippen MR) is 225 cm³/mol. The van der Waals surface area contributed by atoms with Gasteiger partial charge in [-0.15, -0.1) is 0 Å². The lowest BCUT2D eigenvalue weighted by Crippen LogP contribution is -2.62. The molecule has 0 saturated heterocycles. The zero-order valence-electron chi connectivity index (χ0n) is 34.7. The van der Waals surface area contributed by atoms with Crippen LogP contribution in [0.5, 0.6) is 0 Å². The molecule has 0 unspecified atom stereocenters. The van der Waals surface area contributed by atoms with E-state index in [-0.39, 0.29) is 0 Å². The Kier molecular flexibility index (Phi) is 17.4. The van der Waals surface area contributed by atoms with E-state index in [1.807, 2.05) is 0 Å². The highest BCUT2D eigenvalue weighted by molar-refractivity contribution is 6.93. The Morgan fingerprint density at radius 3 is 0.532 bits per heavy atom. The van der Waals surface area contributed by atoms with Crippen molar-refractivity contribution in [3.05, 3.63) is 0 Å². The van der Waals surface area contributed by atoms with Crippen molar-refractivity contribution < 1.29 is 45.3 Å². The minimum absolute atomic E-state index is 0.562. The average Bonchev–Trinajstić information content (AvgIpc) is 2.54. The van der Waals surface area contributed by atoms with Gasteiger partial charge in [0.2, 0.25) is 0 Å². The van der Waals surface area contributed by atoms with E-state index in [2.05, 4.69) is 157 Å². The lowest BCUT2D eigenvalue weighted by atomic mass is 11.8. The third-order valence-corrected chi connectivity index (χ3v) is 49.2. The van der Waals surface area contributed by atoms with Crippen molar-refractivity contribution in [1.29, 1.82) is 0 Å². The highest BCUT2D eigenvalue weighted by Crippen LogP contribution is 2.31. The zero-order chi connectivity index (χ0) is 38.0. The summed E-state index contributed by atoms with van der Waals surface area (Å²) in [6.45, 7) is 50.2. The zero-order valence-corrected chi connectivity index (χ0v) is 47.1. The highest BCUT2D eigenvalue weighted by Gasteiger charge is 2.51. The molecule has 11 nitrogen and oxygen atoms in total. The highest BCUT2D eigenvalue weighted by atomic mass is 28.5. The molecule has 284 valence electrons. The van der Waals surface area contributed by atoms with E-state index >= 15 is 0 Å². The number of rotatable bonds is 22. The molecule has 0 aromatic carbocycles. The molecule has 0 radical (unpaired) electrons. The van der Waals surface area contributed by atoms with Crippen LogP contribution in [-0.2, 0) is 45.3 Å². The third-order valence-electron chi connectivity index (χ3n) is 5.47. The van der Waals surface area contributed by atoms with E-state index in [1.165, 1.54) is 0 Å². The lowest BCUT2D eigenvalue weighted by Gasteiger charge is -2.44. The average molecular weight is 876 g/mol. The maximum atomic E-state index is 6.78. The van der Waals surface area contributed by atoms with Crippen molar-refractivity contribution in [2.24, 2.45) is 0 Å². The van der Waals surface area contributed by atoms with Crippen LogP contribution in [0.15, 0.2) is 0 Å². The van der Waals surface area contributed by atoms with Gasteiger partial charge in [0.15, 0.2) is 8.32 Å². The Morgan fingerprint density at radius 1 is 0.234 bits per heavy atom. The van der Waals surface area contributed by atoms with Gasteiger partial charge in [0.05, 0.1) is 0 Å². The maximum absolute atomic E-state index is 6.78. The van der Waals surface area contributed by atoms with Crippen molar-refractivity contribution in [3.8, 4) is 0 Å². The first-order chi connectivity index (χ1) is 20.1. The lowest BCUT2D eigenvalue weighted by molar-refractivity contribution is 0.254. The van der Waals surface area contributed by atoms with Crippen molar-refractivity contribution in [3.63, 3.8) is 0 Å². The summed E-state index contributed by atoms with van der Waals surface area (Å²) in [6.07, 6.45) is 0. The van der Waals surface area contributed by atoms with E-state index in [0.717, 1.165) is 0 Å². The fraction of sp³-hybridized carbons (Fsp3) is 1.00. The molecule has 0 aromatic heterocycles. The summed E-state index contributed by atoms with van der Waals surface area (Å²) < 4.78 is 72.7. The molecule has 0 bridgehead atoms. The Labute approximate surface area is 304 Å². The standard InChI is InChI=1S/C24H74O11Si12/c1-36-25-38(5,6)27-40(9,10)29-42(13,14)31-44(17,18)33-46(21,22)35-47(23,24)34-45(19,20)32-43(15,16)30-41(11,12)28-39(7,8)26-37(2,3)4/h36H2,1-24H3. The molecule has 0 aliphatic rings. The van der Waals surface area contributed by atoms with Gasteiger partial charge >= 0.3 is 85.6 Å². The normalized spacial score (nSPS) is 16.1. The van der Waals surface area contributed by atoms with E-state index in [0.29, 0.717) is 0 Å². The second-order valence-corrected chi connectivity index (χ2v) is 59.7. The Hall–Kier alpha value is 2.16. The Balaban J connectivity index is 5.52. The molecule has 0 N–H and O–H groups in total. The molecule has 0 rings (SSSR count). The summed E-state index contributed by atoms with van der Waals surface area (Å²) in [4.78, 5) is 0. The predicted octanol–water partition coefficient (Wildman–Crippen LogP) is 8.15. The topological polar surface area (TPSA) is 102 Å². The molecule has 0 aliphatic carbocycles. The second kappa shape index (κ2) is 16.7. The first-order valence-corrected chi connectivity index (χ1v) is 50.3. The number of hydrogen-bond donors (Lipinski definition) is 0. The molecule has 0 fully saturated rings. The maximum Gasteiger partial charge on any atom is 0.314 e. The molecular weight excluding hydrogens is 801 g/mol. The molecule has 0 heterocycles. The van der Waals surface area contributed by atoms with Crippen molar-refractivity contribution >= 4 is 104 Å². The van der Waals surface area contributed by atoms with Gasteiger partial charge in [-0.05, 0) is 151 Å². The van der Waals surface area contributed by atoms with Gasteiger partial charge in [-0.3, -0.25) is 0 Å². The van der Waals surface area contributed by atoms with E-state index < -0.39 is 104 Å². The SMILES string of the molecule is C[SiH2]O[Si](C)(C)O[Si](C)(C)O[Si](C)(C)O[Si](C)(C)O[Si](C)(C)O[Si](C)(C)O[Si](C)(C)O[Si](C)(C)O[Si](C)(C)O[Si](C)(C)O[Si](C)(C)C. The molecule has 0 spiro atoms. The molecule has 0 saturated carbocycles. The summed E-state index contributed by atoms with van der Waals surface area (Å²) in [5.74, 6) is 0. The minimum atomic E-state index is -2.69. The molecule has 0 amide bonds. The molecule has 47 heavy (non-hydrogen) atoms. The Morgan fingerprint density at radius 2 is 0.383 bits per heavy atom. The molecular formula is C24H74O11Si12. The summed E-state index contributed by atoms with van der Waals surface area (Å²) in [7, 11) is -27.9. The van der Waals surface area contributed by atoms with Gasteiger partial charge in [-0.25, -0.2) is 0 Å². The first-order valence-electron chi connectivity index (χ1n) is 16.8. The smallest absolute Gasteiger partial charge is 0.314 e. The van der Waals surface area contributed by atoms with Crippen LogP contribution in [0.2, 0.25) is 157 Å². The van der Waals surface area contributed by atoms with Crippen LogP contribution in [-0.4, -0.2) is 104 Å². The third kappa shape index (κ3) is 23.4. The minimum Gasteiger partial charge on any atom is -0.442 e. The van der Waals surface area contributed by atoms with Crippen molar-refractivity contribution in [1.82, 2.24) is 0 Å².